The van der Waals surface area contributed by atoms with E-state index in [0.29, 0.717) is 12.2 Å². The molecule has 1 aromatic heterocycles. The second-order valence-electron chi connectivity index (χ2n) is 8.41. The minimum Gasteiger partial charge on any atom is -0.444 e. The summed E-state index contributed by atoms with van der Waals surface area (Å²) in [6.45, 7) is 6.82. The third-order valence-corrected chi connectivity index (χ3v) is 4.71. The Labute approximate surface area is 212 Å². The highest BCUT2D eigenvalue weighted by Crippen LogP contribution is 2.16. The molecule has 0 fully saturated rings. The van der Waals surface area contributed by atoms with Gasteiger partial charge in [-0.15, -0.1) is 24.0 Å². The van der Waals surface area contributed by atoms with E-state index >= 15 is 0 Å². The summed E-state index contributed by atoms with van der Waals surface area (Å²) in [4.78, 5) is 20.7. The van der Waals surface area contributed by atoms with Gasteiger partial charge in [0.25, 0.3) is 0 Å². The summed E-state index contributed by atoms with van der Waals surface area (Å²) in [5, 5.41) is 11.7. The molecule has 0 saturated heterocycles. The lowest BCUT2D eigenvalue weighted by molar-refractivity contribution is 0.0636. The van der Waals surface area contributed by atoms with Crippen LogP contribution in [0.15, 0.2) is 65.8 Å². The van der Waals surface area contributed by atoms with Gasteiger partial charge in [0, 0.05) is 30.9 Å². The zero-order chi connectivity index (χ0) is 23.0. The molecule has 0 aliphatic rings. The number of benzene rings is 2. The highest BCUT2D eigenvalue weighted by atomic mass is 127. The van der Waals surface area contributed by atoms with E-state index in [1.165, 1.54) is 5.39 Å². The SMILES string of the molecule is CN=C(NCCc1ccc(NC(=O)OC(C)(C)C)cc1)NCc1nccc2ccccc12.I. The van der Waals surface area contributed by atoms with Gasteiger partial charge in [-0.2, -0.15) is 0 Å². The number of aliphatic imine (C=N–C) groups is 1. The van der Waals surface area contributed by atoms with Crippen molar-refractivity contribution in [2.75, 3.05) is 18.9 Å². The molecule has 3 rings (SSSR count). The van der Waals surface area contributed by atoms with Gasteiger partial charge in [0.15, 0.2) is 5.96 Å². The zero-order valence-corrected chi connectivity index (χ0v) is 21.8. The van der Waals surface area contributed by atoms with E-state index in [2.05, 4.69) is 38.1 Å². The van der Waals surface area contributed by atoms with Crippen LogP contribution in [0.4, 0.5) is 10.5 Å². The number of fused-ring (bicyclic) bond motifs is 1. The molecular weight excluding hydrogens is 529 g/mol. The first-order valence-corrected chi connectivity index (χ1v) is 10.7. The van der Waals surface area contributed by atoms with Crippen LogP contribution in [-0.4, -0.2) is 36.2 Å². The molecule has 7 nitrogen and oxygen atoms in total. The van der Waals surface area contributed by atoms with Crippen LogP contribution in [0.1, 0.15) is 32.0 Å². The quantitative estimate of drug-likeness (QED) is 0.221. The molecule has 3 N–H and O–H groups in total. The van der Waals surface area contributed by atoms with Crippen LogP contribution in [-0.2, 0) is 17.7 Å². The minimum atomic E-state index is -0.522. The number of pyridine rings is 1. The number of nitrogens with one attached hydrogen (secondary N) is 3. The maximum atomic E-state index is 11.9. The predicted molar refractivity (Wildman–Crippen MR) is 145 cm³/mol. The van der Waals surface area contributed by atoms with Crippen molar-refractivity contribution in [3.63, 3.8) is 0 Å². The number of halogens is 1. The van der Waals surface area contributed by atoms with Gasteiger partial charge in [0.1, 0.15) is 5.60 Å². The Morgan fingerprint density at radius 2 is 1.76 bits per heavy atom. The van der Waals surface area contributed by atoms with Crippen LogP contribution in [0.2, 0.25) is 0 Å². The Hall–Kier alpha value is -2.88. The number of nitrogens with zero attached hydrogens (tertiary/aromatic N) is 2. The molecule has 0 unspecified atom stereocenters. The van der Waals surface area contributed by atoms with Crippen molar-refractivity contribution in [1.29, 1.82) is 0 Å². The lowest BCUT2D eigenvalue weighted by Crippen LogP contribution is -2.38. The summed E-state index contributed by atoms with van der Waals surface area (Å²) in [5.74, 6) is 0.725. The maximum absolute atomic E-state index is 11.9. The molecule has 0 bridgehead atoms. The molecule has 176 valence electrons. The molecule has 2 aromatic carbocycles. The summed E-state index contributed by atoms with van der Waals surface area (Å²) < 4.78 is 5.27. The highest BCUT2D eigenvalue weighted by molar-refractivity contribution is 14.0. The summed E-state index contributed by atoms with van der Waals surface area (Å²) in [7, 11) is 1.75. The number of guanidine groups is 1. The van der Waals surface area contributed by atoms with E-state index in [1.807, 2.05) is 69.4 Å². The second-order valence-corrected chi connectivity index (χ2v) is 8.41. The van der Waals surface area contributed by atoms with Crippen molar-refractivity contribution < 1.29 is 9.53 Å². The topological polar surface area (TPSA) is 87.6 Å². The van der Waals surface area contributed by atoms with Crippen molar-refractivity contribution in [2.45, 2.75) is 39.3 Å². The molecule has 1 heterocycles. The van der Waals surface area contributed by atoms with Crippen LogP contribution in [0.5, 0.6) is 0 Å². The van der Waals surface area contributed by atoms with E-state index in [0.717, 1.165) is 35.6 Å². The van der Waals surface area contributed by atoms with Gasteiger partial charge in [0.05, 0.1) is 12.2 Å². The predicted octanol–water partition coefficient (Wildman–Crippen LogP) is 5.11. The number of rotatable bonds is 6. The number of anilines is 1. The first-order chi connectivity index (χ1) is 15.3. The van der Waals surface area contributed by atoms with Crippen LogP contribution in [0, 0.1) is 0 Å². The Bertz CT molecular complexity index is 1070. The molecule has 3 aromatic rings. The Kier molecular flexibility index (Phi) is 9.90. The van der Waals surface area contributed by atoms with Crippen molar-refractivity contribution in [2.24, 2.45) is 4.99 Å². The Morgan fingerprint density at radius 3 is 2.45 bits per heavy atom. The summed E-state index contributed by atoms with van der Waals surface area (Å²) >= 11 is 0. The van der Waals surface area contributed by atoms with Crippen molar-refractivity contribution in [3.05, 3.63) is 72.1 Å². The number of carbonyl (C=O) groups excluding carboxylic acids is 1. The standard InChI is InChI=1S/C25H31N5O2.HI/c1-25(2,3)32-24(31)30-20-11-9-18(10-12-20)13-15-28-23(26-4)29-17-22-21-8-6-5-7-19(21)14-16-27-22;/h5-12,14,16H,13,15,17H2,1-4H3,(H,30,31)(H2,26,28,29);1H. The summed E-state index contributed by atoms with van der Waals surface area (Å²) in [6, 6.07) is 18.0. The number of amides is 1. The molecule has 0 aliphatic carbocycles. The van der Waals surface area contributed by atoms with Crippen LogP contribution < -0.4 is 16.0 Å². The highest BCUT2D eigenvalue weighted by Gasteiger charge is 2.16. The van der Waals surface area contributed by atoms with E-state index < -0.39 is 11.7 Å². The fourth-order valence-corrected chi connectivity index (χ4v) is 3.21. The van der Waals surface area contributed by atoms with Crippen molar-refractivity contribution in [3.8, 4) is 0 Å². The van der Waals surface area contributed by atoms with Gasteiger partial charge < -0.3 is 15.4 Å². The zero-order valence-electron chi connectivity index (χ0n) is 19.5. The van der Waals surface area contributed by atoms with Gasteiger partial charge >= 0.3 is 6.09 Å². The molecular formula is C25H32IN5O2. The van der Waals surface area contributed by atoms with Crippen LogP contribution >= 0.6 is 24.0 Å². The number of ether oxygens (including phenoxy) is 1. The molecule has 0 saturated carbocycles. The fourth-order valence-electron chi connectivity index (χ4n) is 3.21. The summed E-state index contributed by atoms with van der Waals surface area (Å²) in [6.07, 6.45) is 2.19. The molecule has 0 spiro atoms. The van der Waals surface area contributed by atoms with Gasteiger partial charge in [-0.3, -0.25) is 15.3 Å². The smallest absolute Gasteiger partial charge is 0.412 e. The van der Waals surface area contributed by atoms with Gasteiger partial charge in [-0.25, -0.2) is 4.79 Å². The number of carbonyl (C=O) groups is 1. The maximum Gasteiger partial charge on any atom is 0.412 e. The van der Waals surface area contributed by atoms with E-state index in [9.17, 15) is 4.79 Å². The van der Waals surface area contributed by atoms with Gasteiger partial charge in [0.2, 0.25) is 0 Å². The van der Waals surface area contributed by atoms with Crippen LogP contribution in [0.3, 0.4) is 0 Å². The lowest BCUT2D eigenvalue weighted by Gasteiger charge is -2.19. The van der Waals surface area contributed by atoms with Crippen LogP contribution in [0.25, 0.3) is 10.8 Å². The average Bonchev–Trinajstić information content (AvgIpc) is 2.76. The van der Waals surface area contributed by atoms with E-state index in [1.54, 1.807) is 7.05 Å². The first kappa shape index (κ1) is 26.4. The van der Waals surface area contributed by atoms with E-state index in [4.69, 9.17) is 4.74 Å². The molecule has 0 aliphatic heterocycles. The average molecular weight is 561 g/mol. The van der Waals surface area contributed by atoms with Gasteiger partial charge in [-0.05, 0) is 56.3 Å². The van der Waals surface area contributed by atoms with Gasteiger partial charge in [-0.1, -0.05) is 36.4 Å². The summed E-state index contributed by atoms with van der Waals surface area (Å²) in [5.41, 5.74) is 2.32. The minimum absolute atomic E-state index is 0. The normalized spacial score (nSPS) is 11.5. The Morgan fingerprint density at radius 1 is 1.03 bits per heavy atom. The molecule has 0 atom stereocenters. The first-order valence-electron chi connectivity index (χ1n) is 10.7. The molecule has 1 amide bonds. The van der Waals surface area contributed by atoms with Crippen molar-refractivity contribution >= 4 is 52.5 Å². The fraction of sp³-hybridized carbons (Fsp3) is 0.320. The third-order valence-electron chi connectivity index (χ3n) is 4.71. The number of hydrogen-bond acceptors (Lipinski definition) is 4. The number of aromatic nitrogens is 1. The molecule has 33 heavy (non-hydrogen) atoms. The monoisotopic (exact) mass is 561 g/mol. The largest absolute Gasteiger partial charge is 0.444 e. The second kappa shape index (κ2) is 12.4. The Balaban J connectivity index is 0.00000385. The molecule has 0 radical (unpaired) electrons. The molecule has 8 heteroatoms. The lowest BCUT2D eigenvalue weighted by atomic mass is 10.1. The third kappa shape index (κ3) is 8.53. The van der Waals surface area contributed by atoms with E-state index in [-0.39, 0.29) is 24.0 Å². The number of hydrogen-bond donors (Lipinski definition) is 3. The van der Waals surface area contributed by atoms with Crippen molar-refractivity contribution in [1.82, 2.24) is 15.6 Å².